The molecule has 44 heavy (non-hydrogen) atoms. The molecule has 0 spiro atoms. The van der Waals surface area contributed by atoms with E-state index in [2.05, 4.69) is 10.6 Å². The topological polar surface area (TPSA) is 159 Å². The third-order valence-corrected chi connectivity index (χ3v) is 6.21. The van der Waals surface area contributed by atoms with Gasteiger partial charge in [0.2, 0.25) is 11.8 Å². The molecule has 0 saturated heterocycles. The van der Waals surface area contributed by atoms with E-state index in [1.54, 1.807) is 58.0 Å². The fourth-order valence-corrected chi connectivity index (χ4v) is 4.07. The zero-order valence-corrected chi connectivity index (χ0v) is 25.2. The van der Waals surface area contributed by atoms with Gasteiger partial charge in [-0.15, -0.1) is 0 Å². The number of primary amides is 1. The van der Waals surface area contributed by atoms with Gasteiger partial charge in [0.15, 0.2) is 17.9 Å². The van der Waals surface area contributed by atoms with E-state index in [1.165, 1.54) is 11.0 Å². The van der Waals surface area contributed by atoms with Crippen LogP contribution in [0.15, 0.2) is 48.5 Å². The number of halogens is 2. The number of alkyl carbamates (subject to hydrolysis) is 1. The summed E-state index contributed by atoms with van der Waals surface area (Å²) >= 11 is 0. The average molecular weight is 623 g/mol. The van der Waals surface area contributed by atoms with Crippen molar-refractivity contribution in [3.63, 3.8) is 0 Å². The molecule has 2 rings (SSSR count). The molecule has 0 fully saturated rings. The number of hydrogen-bond acceptors (Lipinski definition) is 8. The van der Waals surface area contributed by atoms with Crippen LogP contribution in [0.25, 0.3) is 0 Å². The van der Waals surface area contributed by atoms with Crippen molar-refractivity contribution in [2.45, 2.75) is 65.1 Å². The highest BCUT2D eigenvalue weighted by Gasteiger charge is 2.33. The van der Waals surface area contributed by atoms with E-state index in [0.29, 0.717) is 18.8 Å². The summed E-state index contributed by atoms with van der Waals surface area (Å²) in [6, 6.07) is 8.59. The standard InChI is InChI=1S/C30H40F2N4O8/c1-5-41-26(42-6-2)16-36(19(3)4)28(38)24(15-21-12-13-22(31)23(32)14-21)34-27(37)25(18-43-29(33)39)35-30(40)44-17-20-10-8-7-9-11-20/h7-14,19,24-26H,5-6,15-18H2,1-4H3,(H2,33,39)(H,34,37)(H,35,40). The Balaban J connectivity index is 2.32. The highest BCUT2D eigenvalue weighted by molar-refractivity contribution is 5.92. The van der Waals surface area contributed by atoms with Crippen LogP contribution in [0.1, 0.15) is 38.8 Å². The maximum Gasteiger partial charge on any atom is 0.408 e. The lowest BCUT2D eigenvalue weighted by Crippen LogP contribution is -2.58. The Morgan fingerprint density at radius 2 is 1.52 bits per heavy atom. The van der Waals surface area contributed by atoms with Gasteiger partial charge in [-0.2, -0.15) is 0 Å². The van der Waals surface area contributed by atoms with Gasteiger partial charge in [0.1, 0.15) is 25.3 Å². The molecule has 0 aliphatic rings. The minimum absolute atomic E-state index is 0.000602. The van der Waals surface area contributed by atoms with Gasteiger partial charge in [-0.05, 0) is 51.0 Å². The number of hydrogen-bond donors (Lipinski definition) is 3. The quantitative estimate of drug-likeness (QED) is 0.227. The van der Waals surface area contributed by atoms with E-state index in [1.807, 2.05) is 0 Å². The Hall–Kier alpha value is -4.30. The van der Waals surface area contributed by atoms with Crippen molar-refractivity contribution in [3.8, 4) is 0 Å². The third kappa shape index (κ3) is 12.1. The van der Waals surface area contributed by atoms with Gasteiger partial charge in [-0.25, -0.2) is 18.4 Å². The second kappa shape index (κ2) is 18.4. The maximum absolute atomic E-state index is 14.1. The Morgan fingerprint density at radius 1 is 0.864 bits per heavy atom. The molecular formula is C30H40F2N4O8. The molecule has 12 nitrogen and oxygen atoms in total. The first kappa shape index (κ1) is 35.9. The average Bonchev–Trinajstić information content (AvgIpc) is 2.98. The van der Waals surface area contributed by atoms with Crippen LogP contribution in [0, 0.1) is 11.6 Å². The van der Waals surface area contributed by atoms with Gasteiger partial charge in [0, 0.05) is 25.7 Å². The van der Waals surface area contributed by atoms with Crippen molar-refractivity contribution < 1.29 is 46.9 Å². The lowest BCUT2D eigenvalue weighted by atomic mass is 10.0. The highest BCUT2D eigenvalue weighted by Crippen LogP contribution is 2.15. The van der Waals surface area contributed by atoms with E-state index in [0.717, 1.165) is 12.1 Å². The van der Waals surface area contributed by atoms with E-state index in [9.17, 15) is 28.0 Å². The van der Waals surface area contributed by atoms with Crippen molar-refractivity contribution >= 4 is 24.0 Å². The minimum atomic E-state index is -1.53. The van der Waals surface area contributed by atoms with Crippen LogP contribution in [0.2, 0.25) is 0 Å². The first-order valence-electron chi connectivity index (χ1n) is 14.1. The number of rotatable bonds is 17. The van der Waals surface area contributed by atoms with Crippen LogP contribution < -0.4 is 16.4 Å². The number of carbonyl (C=O) groups is 4. The summed E-state index contributed by atoms with van der Waals surface area (Å²) in [6.45, 7) is 6.87. The second-order valence-corrected chi connectivity index (χ2v) is 9.83. The molecule has 4 N–H and O–H groups in total. The Morgan fingerprint density at radius 3 is 2.09 bits per heavy atom. The van der Waals surface area contributed by atoms with Crippen LogP contribution >= 0.6 is 0 Å². The predicted octanol–water partition coefficient (Wildman–Crippen LogP) is 3.02. The first-order valence-corrected chi connectivity index (χ1v) is 14.1. The van der Waals surface area contributed by atoms with Crippen molar-refractivity contribution in [2.75, 3.05) is 26.4 Å². The molecular weight excluding hydrogens is 582 g/mol. The monoisotopic (exact) mass is 622 g/mol. The molecule has 0 radical (unpaired) electrons. The largest absolute Gasteiger partial charge is 0.447 e. The molecule has 2 aromatic carbocycles. The molecule has 0 bridgehead atoms. The summed E-state index contributed by atoms with van der Waals surface area (Å²) in [5, 5.41) is 4.85. The van der Waals surface area contributed by atoms with Gasteiger partial charge in [-0.3, -0.25) is 9.59 Å². The van der Waals surface area contributed by atoms with Crippen LogP contribution in [-0.4, -0.2) is 79.7 Å². The third-order valence-electron chi connectivity index (χ3n) is 6.21. The van der Waals surface area contributed by atoms with Crippen LogP contribution in [0.3, 0.4) is 0 Å². The summed E-state index contributed by atoms with van der Waals surface area (Å²) < 4.78 is 48.8. The first-order chi connectivity index (χ1) is 20.9. The van der Waals surface area contributed by atoms with Crippen molar-refractivity contribution in [1.82, 2.24) is 15.5 Å². The Kier molecular flexibility index (Phi) is 15.0. The normalized spacial score (nSPS) is 12.4. The lowest BCUT2D eigenvalue weighted by Gasteiger charge is -2.34. The number of amides is 4. The Labute approximate surface area is 255 Å². The zero-order valence-electron chi connectivity index (χ0n) is 25.2. The molecule has 0 heterocycles. The van der Waals surface area contributed by atoms with E-state index < -0.39 is 66.7 Å². The number of carbonyl (C=O) groups excluding carboxylic acids is 4. The lowest BCUT2D eigenvalue weighted by molar-refractivity contribution is -0.163. The zero-order chi connectivity index (χ0) is 32.6. The fourth-order valence-electron chi connectivity index (χ4n) is 4.07. The number of nitrogens with zero attached hydrogens (tertiary/aromatic N) is 1. The maximum atomic E-state index is 14.1. The fraction of sp³-hybridized carbons (Fsp3) is 0.467. The molecule has 14 heteroatoms. The van der Waals surface area contributed by atoms with E-state index in [-0.39, 0.29) is 25.1 Å². The van der Waals surface area contributed by atoms with Crippen molar-refractivity contribution in [2.24, 2.45) is 5.73 Å². The summed E-state index contributed by atoms with van der Waals surface area (Å²) in [4.78, 5) is 52.6. The van der Waals surface area contributed by atoms with Gasteiger partial charge in [0.25, 0.3) is 0 Å². The number of nitrogens with two attached hydrogens (primary N) is 1. The van der Waals surface area contributed by atoms with Crippen molar-refractivity contribution in [3.05, 3.63) is 71.3 Å². The van der Waals surface area contributed by atoms with Crippen LogP contribution in [-0.2, 0) is 41.6 Å². The van der Waals surface area contributed by atoms with E-state index >= 15 is 0 Å². The smallest absolute Gasteiger partial charge is 0.408 e. The van der Waals surface area contributed by atoms with Gasteiger partial charge < -0.3 is 40.2 Å². The number of benzene rings is 2. The van der Waals surface area contributed by atoms with E-state index in [4.69, 9.17) is 24.7 Å². The van der Waals surface area contributed by atoms with Gasteiger partial charge in [-0.1, -0.05) is 36.4 Å². The molecule has 2 unspecified atom stereocenters. The molecule has 0 saturated carbocycles. The SMILES string of the molecule is CCOC(CN(C(=O)C(Cc1ccc(F)c(F)c1)NC(=O)C(COC(N)=O)NC(=O)OCc1ccccc1)C(C)C)OCC. The molecule has 4 amide bonds. The summed E-state index contributed by atoms with van der Waals surface area (Å²) in [7, 11) is 0. The summed E-state index contributed by atoms with van der Waals surface area (Å²) in [6.07, 6.45) is -3.24. The molecule has 0 aromatic heterocycles. The number of nitrogens with one attached hydrogen (secondary N) is 2. The summed E-state index contributed by atoms with van der Waals surface area (Å²) in [5.41, 5.74) is 5.95. The molecule has 2 atom stereocenters. The molecule has 0 aliphatic carbocycles. The Bertz CT molecular complexity index is 1230. The minimum Gasteiger partial charge on any atom is -0.447 e. The van der Waals surface area contributed by atoms with Crippen LogP contribution in [0.4, 0.5) is 18.4 Å². The van der Waals surface area contributed by atoms with Gasteiger partial charge in [0.05, 0.1) is 6.54 Å². The number of ether oxygens (including phenoxy) is 4. The summed E-state index contributed by atoms with van der Waals surface area (Å²) in [5.74, 6) is -3.74. The van der Waals surface area contributed by atoms with Crippen molar-refractivity contribution in [1.29, 1.82) is 0 Å². The van der Waals surface area contributed by atoms with Gasteiger partial charge >= 0.3 is 12.2 Å². The molecule has 242 valence electrons. The second-order valence-electron chi connectivity index (χ2n) is 9.83. The molecule has 0 aliphatic heterocycles. The highest BCUT2D eigenvalue weighted by atomic mass is 19.2. The molecule has 2 aromatic rings. The van der Waals surface area contributed by atoms with Crippen LogP contribution in [0.5, 0.6) is 0 Å². The predicted molar refractivity (Wildman–Crippen MR) is 155 cm³/mol.